The second-order valence-corrected chi connectivity index (χ2v) is 6.27. The fraction of sp³-hybridized carbons (Fsp3) is 0.538. The first-order chi connectivity index (χ1) is 8.56. The molecule has 1 aromatic rings. The first-order valence-electron chi connectivity index (χ1n) is 6.26. The van der Waals surface area contributed by atoms with Crippen LogP contribution in [0.4, 0.5) is 11.4 Å². The van der Waals surface area contributed by atoms with Crippen LogP contribution in [-0.4, -0.2) is 11.0 Å². The topological polar surface area (TPSA) is 55.2 Å². The maximum absolute atomic E-state index is 11.0. The van der Waals surface area contributed by atoms with Crippen LogP contribution in [0.15, 0.2) is 18.2 Å². The second kappa shape index (κ2) is 5.86. The van der Waals surface area contributed by atoms with Crippen molar-refractivity contribution in [1.82, 2.24) is 0 Å². The number of nitro groups is 1. The van der Waals surface area contributed by atoms with Gasteiger partial charge in [-0.25, -0.2) is 0 Å². The molecule has 1 aliphatic carbocycles. The minimum absolute atomic E-state index is 0.181. The van der Waals surface area contributed by atoms with Crippen LogP contribution in [0.25, 0.3) is 0 Å². The minimum Gasteiger partial charge on any atom is -0.377 e. The maximum atomic E-state index is 11.0. The van der Waals surface area contributed by atoms with Gasteiger partial charge in [0.15, 0.2) is 0 Å². The average Bonchev–Trinajstić information content (AvgIpc) is 2.34. The SMILES string of the molecule is CC1CCC(Nc2ccc(I)cc2[N+](=O)[O-])CC1. The first kappa shape index (κ1) is 13.6. The molecule has 0 spiro atoms. The lowest BCUT2D eigenvalue weighted by Gasteiger charge is -2.27. The summed E-state index contributed by atoms with van der Waals surface area (Å²) in [5.41, 5.74) is 0.834. The third kappa shape index (κ3) is 3.34. The van der Waals surface area contributed by atoms with Crippen molar-refractivity contribution in [3.63, 3.8) is 0 Å². The van der Waals surface area contributed by atoms with Gasteiger partial charge in [0.25, 0.3) is 5.69 Å². The zero-order valence-electron chi connectivity index (χ0n) is 10.4. The molecule has 0 aromatic heterocycles. The van der Waals surface area contributed by atoms with Crippen molar-refractivity contribution >= 4 is 34.0 Å². The summed E-state index contributed by atoms with van der Waals surface area (Å²) in [4.78, 5) is 10.7. The van der Waals surface area contributed by atoms with Gasteiger partial charge in [-0.3, -0.25) is 10.1 Å². The quantitative estimate of drug-likeness (QED) is 0.500. The van der Waals surface area contributed by atoms with Gasteiger partial charge < -0.3 is 5.32 Å². The highest BCUT2D eigenvalue weighted by molar-refractivity contribution is 14.1. The lowest BCUT2D eigenvalue weighted by Crippen LogP contribution is -2.25. The van der Waals surface area contributed by atoms with E-state index in [9.17, 15) is 10.1 Å². The molecule has 0 amide bonds. The summed E-state index contributed by atoms with van der Waals surface area (Å²) < 4.78 is 0.891. The Morgan fingerprint density at radius 3 is 2.61 bits per heavy atom. The molecular formula is C13H17IN2O2. The van der Waals surface area contributed by atoms with Crippen molar-refractivity contribution in [2.45, 2.75) is 38.6 Å². The van der Waals surface area contributed by atoms with Crippen molar-refractivity contribution in [3.05, 3.63) is 31.9 Å². The van der Waals surface area contributed by atoms with Crippen molar-refractivity contribution in [3.8, 4) is 0 Å². The van der Waals surface area contributed by atoms with Gasteiger partial charge in [-0.1, -0.05) is 6.92 Å². The summed E-state index contributed by atoms with van der Waals surface area (Å²) in [6.45, 7) is 2.27. The largest absolute Gasteiger partial charge is 0.377 e. The Bertz CT molecular complexity index is 443. The van der Waals surface area contributed by atoms with Crippen LogP contribution in [0, 0.1) is 19.6 Å². The standard InChI is InChI=1S/C13H17IN2O2/c1-9-2-5-11(6-3-9)15-12-7-4-10(14)8-13(12)16(17)18/h4,7-9,11,15H,2-3,5-6H2,1H3. The Morgan fingerprint density at radius 1 is 1.33 bits per heavy atom. The van der Waals surface area contributed by atoms with Crippen molar-refractivity contribution in [1.29, 1.82) is 0 Å². The fourth-order valence-corrected chi connectivity index (χ4v) is 2.88. The fourth-order valence-electron chi connectivity index (χ4n) is 2.40. The molecule has 1 fully saturated rings. The molecule has 98 valence electrons. The molecule has 0 bridgehead atoms. The number of hydrogen-bond acceptors (Lipinski definition) is 3. The molecular weight excluding hydrogens is 343 g/mol. The molecule has 0 atom stereocenters. The van der Waals surface area contributed by atoms with E-state index in [4.69, 9.17) is 0 Å². The predicted molar refractivity (Wildman–Crippen MR) is 80.9 cm³/mol. The highest BCUT2D eigenvalue weighted by atomic mass is 127. The Morgan fingerprint density at radius 2 is 2.00 bits per heavy atom. The van der Waals surface area contributed by atoms with Crippen molar-refractivity contribution < 1.29 is 4.92 Å². The average molecular weight is 360 g/mol. The van der Waals surface area contributed by atoms with Crippen LogP contribution in [0.3, 0.4) is 0 Å². The monoisotopic (exact) mass is 360 g/mol. The molecule has 0 aliphatic heterocycles. The Kier molecular flexibility index (Phi) is 4.42. The molecule has 5 heteroatoms. The number of anilines is 1. The highest BCUT2D eigenvalue weighted by Crippen LogP contribution is 2.31. The van der Waals surface area contributed by atoms with E-state index in [2.05, 4.69) is 34.8 Å². The number of halogens is 1. The summed E-state index contributed by atoms with van der Waals surface area (Å²) in [6, 6.07) is 5.72. The van der Waals surface area contributed by atoms with Gasteiger partial charge in [-0.15, -0.1) is 0 Å². The van der Waals surface area contributed by atoms with Crippen LogP contribution < -0.4 is 5.32 Å². The zero-order chi connectivity index (χ0) is 13.1. The third-order valence-corrected chi connectivity index (χ3v) is 4.20. The van der Waals surface area contributed by atoms with Crippen LogP contribution in [0.5, 0.6) is 0 Å². The summed E-state index contributed by atoms with van der Waals surface area (Å²) in [5.74, 6) is 0.787. The number of nitro benzene ring substituents is 1. The molecule has 0 unspecified atom stereocenters. The predicted octanol–water partition coefficient (Wildman–Crippen LogP) is 4.19. The van der Waals surface area contributed by atoms with E-state index in [-0.39, 0.29) is 10.6 Å². The van der Waals surface area contributed by atoms with Crippen molar-refractivity contribution in [2.75, 3.05) is 5.32 Å². The second-order valence-electron chi connectivity index (χ2n) is 5.02. The molecule has 2 rings (SSSR count). The first-order valence-corrected chi connectivity index (χ1v) is 7.34. The Labute approximate surface area is 120 Å². The smallest absolute Gasteiger partial charge is 0.293 e. The summed E-state index contributed by atoms with van der Waals surface area (Å²) in [6.07, 6.45) is 4.61. The van der Waals surface area contributed by atoms with Crippen LogP contribution in [-0.2, 0) is 0 Å². The van der Waals surface area contributed by atoms with Gasteiger partial charge in [-0.05, 0) is 66.3 Å². The van der Waals surface area contributed by atoms with E-state index in [0.717, 1.165) is 22.3 Å². The zero-order valence-corrected chi connectivity index (χ0v) is 12.5. The normalized spacial score (nSPS) is 23.7. The lowest BCUT2D eigenvalue weighted by atomic mass is 9.87. The minimum atomic E-state index is -0.310. The van der Waals surface area contributed by atoms with Gasteiger partial charge in [-0.2, -0.15) is 0 Å². The molecule has 0 radical (unpaired) electrons. The maximum Gasteiger partial charge on any atom is 0.293 e. The van der Waals surface area contributed by atoms with E-state index in [1.807, 2.05) is 12.1 Å². The summed E-state index contributed by atoms with van der Waals surface area (Å²) in [7, 11) is 0. The number of nitrogens with one attached hydrogen (secondary N) is 1. The number of nitrogens with zero attached hydrogens (tertiary/aromatic N) is 1. The Hall–Kier alpha value is -0.850. The van der Waals surface area contributed by atoms with Crippen molar-refractivity contribution in [2.24, 2.45) is 5.92 Å². The lowest BCUT2D eigenvalue weighted by molar-refractivity contribution is -0.384. The van der Waals surface area contributed by atoms with Gasteiger partial charge in [0, 0.05) is 15.7 Å². The number of rotatable bonds is 3. The molecule has 4 nitrogen and oxygen atoms in total. The summed E-state index contributed by atoms with van der Waals surface area (Å²) >= 11 is 2.10. The van der Waals surface area contributed by atoms with E-state index in [1.54, 1.807) is 6.07 Å². The van der Waals surface area contributed by atoms with Gasteiger partial charge in [0.05, 0.1) is 4.92 Å². The van der Waals surface area contributed by atoms with Gasteiger partial charge in [0.2, 0.25) is 0 Å². The van der Waals surface area contributed by atoms with Crippen LogP contribution in [0.2, 0.25) is 0 Å². The Balaban J connectivity index is 2.11. The molecule has 0 heterocycles. The molecule has 1 aliphatic rings. The number of hydrogen-bond donors (Lipinski definition) is 1. The van der Waals surface area contributed by atoms with E-state index >= 15 is 0 Å². The van der Waals surface area contributed by atoms with Gasteiger partial charge >= 0.3 is 0 Å². The van der Waals surface area contributed by atoms with Gasteiger partial charge in [0.1, 0.15) is 5.69 Å². The number of benzene rings is 1. The summed E-state index contributed by atoms with van der Waals surface area (Å²) in [5, 5.41) is 14.4. The molecule has 1 N–H and O–H groups in total. The molecule has 1 aromatic carbocycles. The van der Waals surface area contributed by atoms with Crippen LogP contribution >= 0.6 is 22.6 Å². The van der Waals surface area contributed by atoms with E-state index in [1.165, 1.54) is 12.8 Å². The highest BCUT2D eigenvalue weighted by Gasteiger charge is 2.21. The molecule has 0 saturated heterocycles. The van der Waals surface area contributed by atoms with Crippen LogP contribution in [0.1, 0.15) is 32.6 Å². The molecule has 18 heavy (non-hydrogen) atoms. The van der Waals surface area contributed by atoms with E-state index in [0.29, 0.717) is 11.7 Å². The van der Waals surface area contributed by atoms with E-state index < -0.39 is 0 Å². The molecule has 1 saturated carbocycles. The third-order valence-electron chi connectivity index (χ3n) is 3.53.